The third-order valence-corrected chi connectivity index (χ3v) is 7.26. The highest BCUT2D eigenvalue weighted by Gasteiger charge is 2.56. The van der Waals surface area contributed by atoms with Crippen molar-refractivity contribution in [1.82, 2.24) is 14.5 Å². The molecular weight excluding hydrogens is 509 g/mol. The first kappa shape index (κ1) is 24.1. The zero-order valence-corrected chi connectivity index (χ0v) is 21.1. The lowest BCUT2D eigenvalue weighted by atomic mass is 10.0. The normalized spacial score (nSPS) is 15.6. The fourth-order valence-corrected chi connectivity index (χ4v) is 4.92. The van der Waals surface area contributed by atoms with Crippen LogP contribution in [0.5, 0.6) is 0 Å². The first-order chi connectivity index (χ1) is 18.4. The van der Waals surface area contributed by atoms with E-state index in [4.69, 9.17) is 11.6 Å². The number of hydrogen-bond donors (Lipinski definition) is 3. The minimum Gasteiger partial charge on any atom is -0.369 e. The zero-order chi connectivity index (χ0) is 26.4. The number of amides is 2. The maximum absolute atomic E-state index is 13.2. The van der Waals surface area contributed by atoms with Gasteiger partial charge in [0.1, 0.15) is 22.9 Å². The van der Waals surface area contributed by atoms with Crippen LogP contribution in [0, 0.1) is 11.2 Å². The van der Waals surface area contributed by atoms with Gasteiger partial charge in [0, 0.05) is 59.4 Å². The van der Waals surface area contributed by atoms with Crippen molar-refractivity contribution in [2.75, 3.05) is 29.5 Å². The Labute approximate surface area is 222 Å². The number of nitrogens with zero attached hydrogens (tertiary/aromatic N) is 4. The zero-order valence-electron chi connectivity index (χ0n) is 20.4. The average Bonchev–Trinajstić information content (AvgIpc) is 3.60. The number of carbonyl (C=O) groups excluding carboxylic acids is 2. The number of pyridine rings is 1. The molecule has 9 nitrogen and oxygen atoms in total. The third kappa shape index (κ3) is 4.16. The average molecular weight is 532 g/mol. The molecule has 0 radical (unpaired) electrons. The molecule has 1 fully saturated rings. The molecule has 3 heterocycles. The van der Waals surface area contributed by atoms with E-state index < -0.39 is 23.0 Å². The number of rotatable bonds is 5. The monoisotopic (exact) mass is 531 g/mol. The van der Waals surface area contributed by atoms with E-state index in [2.05, 4.69) is 35.5 Å². The van der Waals surface area contributed by atoms with E-state index in [1.54, 1.807) is 31.4 Å². The lowest BCUT2D eigenvalue weighted by molar-refractivity contribution is -0.131. The maximum Gasteiger partial charge on any atom is 0.246 e. The quantitative estimate of drug-likeness (QED) is 0.335. The van der Waals surface area contributed by atoms with Gasteiger partial charge in [0.2, 0.25) is 17.4 Å². The Balaban J connectivity index is 1.30. The summed E-state index contributed by atoms with van der Waals surface area (Å²) in [6.45, 7) is 1.45. The predicted molar refractivity (Wildman–Crippen MR) is 142 cm³/mol. The van der Waals surface area contributed by atoms with Crippen LogP contribution in [-0.4, -0.2) is 39.9 Å². The first-order valence-corrected chi connectivity index (χ1v) is 12.5. The first-order valence-electron chi connectivity index (χ1n) is 12.1. The second-order valence-electron chi connectivity index (χ2n) is 9.35. The highest BCUT2D eigenvalue weighted by atomic mass is 35.5. The van der Waals surface area contributed by atoms with Gasteiger partial charge in [0.25, 0.3) is 0 Å². The summed E-state index contributed by atoms with van der Waals surface area (Å²) in [5, 5.41) is 9.54. The van der Waals surface area contributed by atoms with Gasteiger partial charge < -0.3 is 20.5 Å². The van der Waals surface area contributed by atoms with Gasteiger partial charge in [-0.3, -0.25) is 14.6 Å². The molecule has 6 rings (SSSR count). The number of benzene rings is 2. The molecule has 4 aliphatic rings. The van der Waals surface area contributed by atoms with Gasteiger partial charge in [-0.1, -0.05) is 11.6 Å². The lowest BCUT2D eigenvalue weighted by Gasteiger charge is -2.19. The number of fused-ring (bicyclic) bond motifs is 3. The molecule has 0 atom stereocenters. The highest BCUT2D eigenvalue weighted by Crippen LogP contribution is 2.48. The van der Waals surface area contributed by atoms with E-state index in [9.17, 15) is 14.0 Å². The van der Waals surface area contributed by atoms with Gasteiger partial charge in [-0.2, -0.15) is 4.98 Å². The molecule has 0 spiro atoms. The van der Waals surface area contributed by atoms with E-state index in [-0.39, 0.29) is 0 Å². The fourth-order valence-electron chi connectivity index (χ4n) is 4.70. The predicted octanol–water partition coefficient (Wildman–Crippen LogP) is 4.16. The summed E-state index contributed by atoms with van der Waals surface area (Å²) in [6, 6.07) is 12.6. The molecule has 192 valence electrons. The van der Waals surface area contributed by atoms with E-state index in [1.807, 2.05) is 6.07 Å². The topological polar surface area (TPSA) is 113 Å². The Morgan fingerprint density at radius 3 is 2.47 bits per heavy atom. The second-order valence-corrected chi connectivity index (χ2v) is 9.76. The number of anilines is 3. The van der Waals surface area contributed by atoms with Crippen molar-refractivity contribution in [3.63, 3.8) is 0 Å². The number of halogens is 2. The van der Waals surface area contributed by atoms with Crippen LogP contribution in [0.2, 0.25) is 5.02 Å². The summed E-state index contributed by atoms with van der Waals surface area (Å²) in [5.74, 6) is 0.418. The molecule has 2 amide bonds. The minimum atomic E-state index is -1.17. The van der Waals surface area contributed by atoms with Crippen molar-refractivity contribution in [3.8, 4) is 22.5 Å². The van der Waals surface area contributed by atoms with E-state index >= 15 is 0 Å². The smallest absolute Gasteiger partial charge is 0.246 e. The molecule has 2 aromatic rings. The van der Waals surface area contributed by atoms with Crippen molar-refractivity contribution in [1.29, 1.82) is 0 Å². The molecule has 1 saturated carbocycles. The summed E-state index contributed by atoms with van der Waals surface area (Å²) >= 11 is 6.64. The van der Waals surface area contributed by atoms with Crippen LogP contribution in [0.25, 0.3) is 22.5 Å². The summed E-state index contributed by atoms with van der Waals surface area (Å²) in [6.07, 6.45) is 2.59. The molecule has 0 aromatic heterocycles. The number of hydrogen-bond acceptors (Lipinski definition) is 6. The van der Waals surface area contributed by atoms with Gasteiger partial charge in [-0.25, -0.2) is 9.37 Å². The van der Waals surface area contributed by atoms with Gasteiger partial charge >= 0.3 is 0 Å². The van der Waals surface area contributed by atoms with Crippen LogP contribution < -0.4 is 21.6 Å². The van der Waals surface area contributed by atoms with Gasteiger partial charge in [-0.15, -0.1) is 0 Å². The molecule has 2 aromatic carbocycles. The molecule has 0 unspecified atom stereocenters. The molecule has 0 saturated heterocycles. The van der Waals surface area contributed by atoms with Crippen molar-refractivity contribution in [2.45, 2.75) is 19.4 Å². The van der Waals surface area contributed by atoms with E-state index in [0.717, 1.165) is 41.4 Å². The molecule has 1 aliphatic carbocycles. The van der Waals surface area contributed by atoms with E-state index in [0.29, 0.717) is 34.9 Å². The van der Waals surface area contributed by atoms with Crippen LogP contribution in [0.15, 0.2) is 59.7 Å². The molecule has 0 bridgehead atoms. The second kappa shape index (κ2) is 9.21. The molecule has 11 heteroatoms. The Kier molecular flexibility index (Phi) is 5.83. The standard InChI is InChI=1S/C27H23ClFN7O2/c1-30-26-32-14-15-12-20(23-31-10-11-36(23)22(15)35-26)19-13-18(6-7-21(19)28)34-25(38)27(8-9-27)24(37)33-17-4-2-16(29)3-5-17/h2-7,12-14,31H,8-11H2,1H3,(H,33,37)(H,34,38). The van der Waals surface area contributed by atoms with Crippen LogP contribution in [-0.2, 0) is 16.1 Å². The lowest BCUT2D eigenvalue weighted by Crippen LogP contribution is -2.35. The molecule has 3 N–H and O–H groups in total. The van der Waals surface area contributed by atoms with Crippen molar-refractivity contribution in [2.24, 2.45) is 10.4 Å². The number of nitrogens with one attached hydrogen (secondary N) is 3. The Morgan fingerprint density at radius 2 is 1.76 bits per heavy atom. The van der Waals surface area contributed by atoms with Gasteiger partial charge in [-0.05, 0) is 61.4 Å². The van der Waals surface area contributed by atoms with Gasteiger partial charge in [0.15, 0.2) is 0 Å². The molecule has 38 heavy (non-hydrogen) atoms. The Bertz CT molecular complexity index is 1630. The Morgan fingerprint density at radius 1 is 1.05 bits per heavy atom. The molecule has 3 aliphatic heterocycles. The minimum absolute atomic E-state index is 0.397. The number of aromatic nitrogens is 3. The molecular formula is C27H23ClFN7O2. The SMILES string of the molecule is CN=c1ncc2cc(-c3cc(NC(=O)C4(C(=O)Nc5ccc(F)cc5)CC4)ccc3Cl)c3n(c-2n1)CCN3. The van der Waals surface area contributed by atoms with Crippen LogP contribution in [0.3, 0.4) is 0 Å². The van der Waals surface area contributed by atoms with Crippen LogP contribution >= 0.6 is 11.6 Å². The number of carbonyl (C=O) groups is 2. The largest absolute Gasteiger partial charge is 0.369 e. The van der Waals surface area contributed by atoms with Gasteiger partial charge in [0.05, 0.1) is 0 Å². The summed E-state index contributed by atoms with van der Waals surface area (Å²) in [4.78, 5) is 39.1. The van der Waals surface area contributed by atoms with E-state index in [1.165, 1.54) is 24.3 Å². The fraction of sp³-hybridized carbons (Fsp3) is 0.222. The summed E-state index contributed by atoms with van der Waals surface area (Å²) < 4.78 is 15.3. The van der Waals surface area contributed by atoms with Crippen LogP contribution in [0.1, 0.15) is 12.8 Å². The maximum atomic E-state index is 13.2. The summed E-state index contributed by atoms with van der Waals surface area (Å²) in [7, 11) is 1.65. The Hall–Kier alpha value is -4.31. The van der Waals surface area contributed by atoms with Crippen molar-refractivity contribution < 1.29 is 14.0 Å². The summed E-state index contributed by atoms with van der Waals surface area (Å²) in [5.41, 5.74) is 2.58. The van der Waals surface area contributed by atoms with Crippen LogP contribution in [0.4, 0.5) is 21.6 Å². The third-order valence-electron chi connectivity index (χ3n) is 6.93. The van der Waals surface area contributed by atoms with Crippen molar-refractivity contribution >= 4 is 40.6 Å². The highest BCUT2D eigenvalue weighted by molar-refractivity contribution is 6.33. The van der Waals surface area contributed by atoms with Crippen molar-refractivity contribution in [3.05, 3.63) is 71.2 Å².